The molecule has 0 N–H and O–H groups in total. The highest BCUT2D eigenvalue weighted by atomic mass is 79.9. The zero-order valence-corrected chi connectivity index (χ0v) is 15.3. The third-order valence-corrected chi connectivity index (χ3v) is 4.90. The summed E-state index contributed by atoms with van der Waals surface area (Å²) >= 11 is 5.11. The standard InChI is InChI=1S/C18H16BrN3S/c1-13-6-3-4-7-15(13)11-21-22-17(12-23-18(22)20-2)14-8-5-9-16(19)10-14/h3-12H,1-2H3/b20-18?,21-11-. The quantitative estimate of drug-likeness (QED) is 0.584. The fourth-order valence-electron chi connectivity index (χ4n) is 2.26. The summed E-state index contributed by atoms with van der Waals surface area (Å²) in [7, 11) is 1.79. The molecule has 3 rings (SSSR count). The van der Waals surface area contributed by atoms with Crippen LogP contribution in [0.4, 0.5) is 0 Å². The molecule has 5 heteroatoms. The monoisotopic (exact) mass is 385 g/mol. The van der Waals surface area contributed by atoms with Crippen molar-refractivity contribution in [1.29, 1.82) is 0 Å². The van der Waals surface area contributed by atoms with E-state index in [1.807, 2.05) is 35.2 Å². The summed E-state index contributed by atoms with van der Waals surface area (Å²) in [6.45, 7) is 2.08. The Bertz CT molecular complexity index is 922. The van der Waals surface area contributed by atoms with E-state index in [0.717, 1.165) is 26.1 Å². The van der Waals surface area contributed by atoms with Gasteiger partial charge in [0.05, 0.1) is 11.9 Å². The van der Waals surface area contributed by atoms with Crippen molar-refractivity contribution < 1.29 is 0 Å². The number of hydrogen-bond acceptors (Lipinski definition) is 3. The molecule has 0 unspecified atom stereocenters. The van der Waals surface area contributed by atoms with Crippen LogP contribution in [0.1, 0.15) is 11.1 Å². The van der Waals surface area contributed by atoms with E-state index in [-0.39, 0.29) is 0 Å². The predicted octanol–water partition coefficient (Wildman–Crippen LogP) is 4.70. The molecule has 0 radical (unpaired) electrons. The molecule has 0 aliphatic carbocycles. The topological polar surface area (TPSA) is 29.6 Å². The smallest absolute Gasteiger partial charge is 0.205 e. The lowest BCUT2D eigenvalue weighted by Gasteiger charge is -2.04. The third-order valence-electron chi connectivity index (χ3n) is 3.50. The number of nitrogens with zero attached hydrogens (tertiary/aromatic N) is 3. The summed E-state index contributed by atoms with van der Waals surface area (Å²) in [5.74, 6) is 0. The van der Waals surface area contributed by atoms with E-state index in [2.05, 4.69) is 62.6 Å². The zero-order valence-electron chi connectivity index (χ0n) is 12.9. The van der Waals surface area contributed by atoms with Gasteiger partial charge in [-0.25, -0.2) is 4.68 Å². The molecule has 0 saturated carbocycles. The average molecular weight is 386 g/mol. The summed E-state index contributed by atoms with van der Waals surface area (Å²) < 4.78 is 2.93. The molecule has 0 atom stereocenters. The van der Waals surface area contributed by atoms with Gasteiger partial charge in [-0.05, 0) is 30.2 Å². The van der Waals surface area contributed by atoms with Crippen LogP contribution in [0, 0.1) is 6.92 Å². The molecule has 0 saturated heterocycles. The highest BCUT2D eigenvalue weighted by Crippen LogP contribution is 2.23. The van der Waals surface area contributed by atoms with Crippen molar-refractivity contribution in [2.24, 2.45) is 10.1 Å². The first kappa shape index (κ1) is 15.9. The van der Waals surface area contributed by atoms with Gasteiger partial charge < -0.3 is 0 Å². The summed E-state index contributed by atoms with van der Waals surface area (Å²) in [6, 6.07) is 16.4. The highest BCUT2D eigenvalue weighted by molar-refractivity contribution is 9.10. The van der Waals surface area contributed by atoms with E-state index in [4.69, 9.17) is 0 Å². The molecular formula is C18H16BrN3S. The normalized spacial score (nSPS) is 12.2. The van der Waals surface area contributed by atoms with Crippen molar-refractivity contribution in [3.63, 3.8) is 0 Å². The van der Waals surface area contributed by atoms with Crippen molar-refractivity contribution in [1.82, 2.24) is 4.68 Å². The largest absolute Gasteiger partial charge is 0.261 e. The van der Waals surface area contributed by atoms with Crippen LogP contribution < -0.4 is 4.80 Å². The van der Waals surface area contributed by atoms with Crippen LogP contribution in [0.3, 0.4) is 0 Å². The number of rotatable bonds is 3. The first-order chi connectivity index (χ1) is 11.2. The van der Waals surface area contributed by atoms with E-state index in [0.29, 0.717) is 0 Å². The van der Waals surface area contributed by atoms with Crippen LogP contribution in [-0.2, 0) is 0 Å². The number of thiazole rings is 1. The van der Waals surface area contributed by atoms with Crippen LogP contribution >= 0.6 is 27.3 Å². The fraction of sp³-hybridized carbons (Fsp3) is 0.111. The number of benzene rings is 2. The van der Waals surface area contributed by atoms with Crippen LogP contribution in [0.5, 0.6) is 0 Å². The molecule has 0 aliphatic heterocycles. The van der Waals surface area contributed by atoms with Crippen LogP contribution in [0.25, 0.3) is 11.3 Å². The van der Waals surface area contributed by atoms with Gasteiger partial charge in [-0.1, -0.05) is 52.3 Å². The zero-order chi connectivity index (χ0) is 16.2. The Kier molecular flexibility index (Phi) is 4.88. The van der Waals surface area contributed by atoms with Crippen molar-refractivity contribution in [2.45, 2.75) is 6.92 Å². The fourth-order valence-corrected chi connectivity index (χ4v) is 3.46. The lowest BCUT2D eigenvalue weighted by molar-refractivity contribution is 0.848. The predicted molar refractivity (Wildman–Crippen MR) is 101 cm³/mol. The van der Waals surface area contributed by atoms with Gasteiger partial charge in [0.1, 0.15) is 0 Å². The Balaban J connectivity index is 2.09. The highest BCUT2D eigenvalue weighted by Gasteiger charge is 2.07. The summed E-state index contributed by atoms with van der Waals surface area (Å²) in [4.78, 5) is 5.20. The molecule has 3 aromatic rings. The minimum atomic E-state index is 0.866. The third kappa shape index (κ3) is 3.51. The summed E-state index contributed by atoms with van der Waals surface area (Å²) in [6.07, 6.45) is 1.89. The molecule has 0 spiro atoms. The second-order valence-corrected chi connectivity index (χ2v) is 6.80. The average Bonchev–Trinajstić information content (AvgIpc) is 2.97. The second-order valence-electron chi connectivity index (χ2n) is 5.05. The Morgan fingerprint density at radius 3 is 2.70 bits per heavy atom. The molecule has 1 aromatic heterocycles. The molecule has 0 bridgehead atoms. The van der Waals surface area contributed by atoms with E-state index in [1.165, 1.54) is 5.56 Å². The Hall–Kier alpha value is -1.98. The van der Waals surface area contributed by atoms with E-state index >= 15 is 0 Å². The first-order valence-corrected chi connectivity index (χ1v) is 8.85. The van der Waals surface area contributed by atoms with Crippen molar-refractivity contribution in [3.05, 3.63) is 74.3 Å². The van der Waals surface area contributed by atoms with E-state index in [1.54, 1.807) is 18.4 Å². The SMILES string of the molecule is CN=c1scc(-c2cccc(Br)c2)n1/N=C\c1ccccc1C. The van der Waals surface area contributed by atoms with Crippen molar-refractivity contribution >= 4 is 33.5 Å². The molecule has 23 heavy (non-hydrogen) atoms. The van der Waals surface area contributed by atoms with Gasteiger partial charge in [0.15, 0.2) is 0 Å². The Labute approximate surface area is 147 Å². The van der Waals surface area contributed by atoms with E-state index < -0.39 is 0 Å². The van der Waals surface area contributed by atoms with Crippen LogP contribution in [0.15, 0.2) is 68.5 Å². The van der Waals surface area contributed by atoms with Gasteiger partial charge in [0.25, 0.3) is 0 Å². The van der Waals surface area contributed by atoms with Crippen LogP contribution in [-0.4, -0.2) is 17.9 Å². The molecule has 0 fully saturated rings. The molecule has 0 aliphatic rings. The maximum absolute atomic E-state index is 4.67. The van der Waals surface area contributed by atoms with Gasteiger partial charge in [-0.2, -0.15) is 5.10 Å². The van der Waals surface area contributed by atoms with Gasteiger partial charge in [-0.3, -0.25) is 4.99 Å². The number of hydrogen-bond donors (Lipinski definition) is 0. The molecule has 3 nitrogen and oxygen atoms in total. The number of aryl methyl sites for hydroxylation is 1. The lowest BCUT2D eigenvalue weighted by atomic mass is 10.1. The Morgan fingerprint density at radius 1 is 1.13 bits per heavy atom. The molecule has 2 aromatic carbocycles. The number of halogens is 1. The molecular weight excluding hydrogens is 370 g/mol. The molecule has 116 valence electrons. The molecule has 1 heterocycles. The van der Waals surface area contributed by atoms with Gasteiger partial charge >= 0.3 is 0 Å². The minimum Gasteiger partial charge on any atom is -0.261 e. The minimum absolute atomic E-state index is 0.866. The maximum atomic E-state index is 4.67. The first-order valence-electron chi connectivity index (χ1n) is 7.18. The summed E-state index contributed by atoms with van der Waals surface area (Å²) in [5, 5.41) is 6.75. The van der Waals surface area contributed by atoms with Gasteiger partial charge in [0.2, 0.25) is 4.80 Å². The maximum Gasteiger partial charge on any atom is 0.205 e. The lowest BCUT2D eigenvalue weighted by Crippen LogP contribution is -2.11. The molecule has 0 amide bonds. The van der Waals surface area contributed by atoms with Crippen molar-refractivity contribution in [2.75, 3.05) is 7.05 Å². The summed E-state index contributed by atoms with van der Waals surface area (Å²) in [5.41, 5.74) is 4.44. The number of aromatic nitrogens is 1. The second kappa shape index (κ2) is 7.06. The van der Waals surface area contributed by atoms with Crippen molar-refractivity contribution in [3.8, 4) is 11.3 Å². The Morgan fingerprint density at radius 2 is 1.96 bits per heavy atom. The van der Waals surface area contributed by atoms with Gasteiger partial charge in [0, 0.05) is 22.5 Å². The van der Waals surface area contributed by atoms with E-state index in [9.17, 15) is 0 Å². The van der Waals surface area contributed by atoms with Gasteiger partial charge in [-0.15, -0.1) is 11.3 Å². The van der Waals surface area contributed by atoms with Crippen LogP contribution in [0.2, 0.25) is 0 Å².